The van der Waals surface area contributed by atoms with E-state index >= 15 is 0 Å². The van der Waals surface area contributed by atoms with Crippen LogP contribution in [0.15, 0.2) is 0 Å². The molecule has 28 heavy (non-hydrogen) atoms. The third-order valence-corrected chi connectivity index (χ3v) is 5.24. The van der Waals surface area contributed by atoms with Gasteiger partial charge in [-0.1, -0.05) is 0 Å². The van der Waals surface area contributed by atoms with Crippen LogP contribution in [0.3, 0.4) is 0 Å². The van der Waals surface area contributed by atoms with Crippen molar-refractivity contribution in [3.05, 3.63) is 0 Å². The second kappa shape index (κ2) is 6.86. The van der Waals surface area contributed by atoms with E-state index in [1.165, 1.54) is 0 Å². The van der Waals surface area contributed by atoms with Crippen molar-refractivity contribution >= 4 is 44.6 Å². The molecule has 0 spiro atoms. The molecule has 168 valence electrons. The number of hydrogen-bond acceptors (Lipinski definition) is 1. The van der Waals surface area contributed by atoms with Crippen molar-refractivity contribution in [2.75, 3.05) is 0 Å². The monoisotopic (exact) mass is 530 g/mol. The summed E-state index contributed by atoms with van der Waals surface area (Å²) in [5.41, 5.74) is 0. The average Bonchev–Trinajstić information content (AvgIpc) is 2.42. The lowest BCUT2D eigenvalue weighted by atomic mass is 9.91. The number of carbonyl (C=O) groups excluding carboxylic acids is 1. The fraction of sp³-hybridized carbons (Fsp3) is 0.875. The highest BCUT2D eigenvalue weighted by Crippen LogP contribution is 2.62. The minimum Gasteiger partial charge on any atom is -0.293 e. The Hall–Kier alpha value is -0.293. The van der Waals surface area contributed by atoms with Crippen LogP contribution in [0.25, 0.3) is 0 Å². The van der Waals surface area contributed by atoms with Crippen molar-refractivity contribution in [2.45, 2.75) is 41.7 Å². The molecule has 0 aliphatic carbocycles. The van der Waals surface area contributed by atoms with E-state index in [0.29, 0.717) is 0 Å². The van der Waals surface area contributed by atoms with Crippen LogP contribution in [0.5, 0.6) is 0 Å². The number of rotatable bonds is 7. The van der Waals surface area contributed by atoms with Crippen molar-refractivity contribution in [3.63, 3.8) is 0 Å². The minimum absolute atomic E-state index is 3.77. The quantitative estimate of drug-likeness (QED) is 0.220. The highest BCUT2D eigenvalue weighted by Gasteiger charge is 2.94. The summed E-state index contributed by atoms with van der Waals surface area (Å²) in [6.07, 6.45) is -7.71. The molecule has 0 radical (unpaired) electrons. The summed E-state index contributed by atoms with van der Waals surface area (Å²) < 4.78 is 192. The molecule has 0 heterocycles. The number of hydrogen-bond donors (Lipinski definition) is 0. The molecule has 0 atom stereocenters. The summed E-state index contributed by atoms with van der Waals surface area (Å²) in [4.78, 5) is 10.9. The van der Waals surface area contributed by atoms with Gasteiger partial charge in [0, 0.05) is 0 Å². The first-order chi connectivity index (χ1) is 11.7. The lowest BCUT2D eigenvalue weighted by Crippen LogP contribution is -2.74. The van der Waals surface area contributed by atoms with E-state index in [9.17, 15) is 70.7 Å². The molecule has 0 aromatic rings. The molecule has 0 aliphatic rings. The summed E-state index contributed by atoms with van der Waals surface area (Å²) in [6, 6.07) is -5.80. The Labute approximate surface area is 157 Å². The van der Waals surface area contributed by atoms with Gasteiger partial charge in [-0.05, 0) is 0 Å². The number of halogens is 18. The Morgan fingerprint density at radius 3 is 1.00 bits per heavy atom. The fourth-order valence-corrected chi connectivity index (χ4v) is 2.87. The van der Waals surface area contributed by atoms with Gasteiger partial charge in [0.2, 0.25) is 5.41 Å². The third kappa shape index (κ3) is 3.63. The predicted octanol–water partition coefficient (Wildman–Crippen LogP) is 6.12. The zero-order valence-corrected chi connectivity index (χ0v) is 15.0. The van der Waals surface area contributed by atoms with Gasteiger partial charge in [0.25, 0.3) is 0 Å². The van der Waals surface area contributed by atoms with Crippen molar-refractivity contribution in [1.29, 1.82) is 0 Å². The molecule has 0 aliphatic heterocycles. The molecular weight excluding hydrogens is 532 g/mol. The smallest absolute Gasteiger partial charge is 0.293 e. The van der Waals surface area contributed by atoms with Crippen molar-refractivity contribution in [2.24, 2.45) is 0 Å². The topological polar surface area (TPSA) is 17.1 Å². The van der Waals surface area contributed by atoms with Gasteiger partial charge in [-0.15, -0.1) is 33.2 Å². The molecule has 0 saturated heterocycles. The SMILES string of the molecule is O=C(C(F)(F)C(F)(F)C(F)(F)C(F)(F)C(F)(F)C(F)(F)C(F)(F)F)[Si](Cl)(Cl)Cl. The molecule has 1 nitrogen and oxygen atoms in total. The normalized spacial score (nSPS) is 16.4. The van der Waals surface area contributed by atoms with Crippen LogP contribution in [0.1, 0.15) is 0 Å². The second-order valence-corrected chi connectivity index (χ2v) is 13.1. The van der Waals surface area contributed by atoms with E-state index in [1.54, 1.807) is 0 Å². The molecule has 0 fully saturated rings. The molecule has 0 aromatic carbocycles. The van der Waals surface area contributed by atoms with Gasteiger partial charge in [-0.2, -0.15) is 65.9 Å². The van der Waals surface area contributed by atoms with Gasteiger partial charge in [0.1, 0.15) is 0 Å². The average molecular weight is 532 g/mol. The Balaban J connectivity index is 6.68. The first-order valence-electron chi connectivity index (χ1n) is 5.61. The Bertz CT molecular complexity index is 622. The van der Waals surface area contributed by atoms with E-state index in [2.05, 4.69) is 33.2 Å². The molecule has 0 saturated carbocycles. The summed E-state index contributed by atoms with van der Waals surface area (Å²) >= 11 is 13.6. The largest absolute Gasteiger partial charge is 0.460 e. The van der Waals surface area contributed by atoms with Gasteiger partial charge in [-0.3, -0.25) is 4.79 Å². The molecule has 0 unspecified atom stereocenters. The zero-order valence-electron chi connectivity index (χ0n) is 11.7. The summed E-state index contributed by atoms with van der Waals surface area (Å²) in [5.74, 6) is -48.6. The first kappa shape index (κ1) is 27.7. The molecular formula is C8Cl3F15OSi. The number of alkyl halides is 15. The van der Waals surface area contributed by atoms with Crippen LogP contribution in [0.4, 0.5) is 65.9 Å². The third-order valence-electron chi connectivity index (χ3n) is 2.87. The standard InChI is InChI=1S/C8Cl3F15OSi/c9-28(10,11)1(27)2(12,13)3(14,15)4(16,17)5(18,19)6(20,21)7(22,23)8(24,25)26. The molecule has 0 N–H and O–H groups in total. The molecule has 0 amide bonds. The molecule has 0 bridgehead atoms. The van der Waals surface area contributed by atoms with Crippen molar-refractivity contribution in [1.82, 2.24) is 0 Å². The molecule has 0 rings (SSSR count). The van der Waals surface area contributed by atoms with Crippen LogP contribution >= 0.6 is 33.2 Å². The van der Waals surface area contributed by atoms with E-state index in [4.69, 9.17) is 0 Å². The maximum Gasteiger partial charge on any atom is 0.460 e. The van der Waals surface area contributed by atoms with Gasteiger partial charge in [0.05, 0.1) is 0 Å². The van der Waals surface area contributed by atoms with Crippen LogP contribution in [0.2, 0.25) is 0 Å². The van der Waals surface area contributed by atoms with Crippen LogP contribution in [-0.2, 0) is 4.79 Å². The lowest BCUT2D eigenvalue weighted by molar-refractivity contribution is -0.449. The first-order valence-corrected chi connectivity index (χ1v) is 10.6. The predicted molar refractivity (Wildman–Crippen MR) is 64.1 cm³/mol. The van der Waals surface area contributed by atoms with E-state index in [1.807, 2.05) is 0 Å². The number of carbonyl (C=O) groups is 1. The Kier molecular flexibility index (Phi) is 6.79. The van der Waals surface area contributed by atoms with Gasteiger partial charge in [-0.25, -0.2) is 0 Å². The van der Waals surface area contributed by atoms with E-state index in [0.717, 1.165) is 0 Å². The van der Waals surface area contributed by atoms with Gasteiger partial charge in [0.15, 0.2) is 0 Å². The molecule has 20 heteroatoms. The van der Waals surface area contributed by atoms with Crippen molar-refractivity contribution in [3.8, 4) is 0 Å². The lowest BCUT2D eigenvalue weighted by Gasteiger charge is -2.41. The maximum absolute atomic E-state index is 13.3. The zero-order chi connectivity index (χ0) is 23.6. The van der Waals surface area contributed by atoms with Gasteiger partial charge >= 0.3 is 47.7 Å². The highest BCUT2D eigenvalue weighted by atomic mass is 35.8. The summed E-state index contributed by atoms with van der Waals surface area (Å²) in [7, 11) is 0. The summed E-state index contributed by atoms with van der Waals surface area (Å²) in [6.45, 7) is 0. The van der Waals surface area contributed by atoms with Crippen LogP contribution in [0, 0.1) is 0 Å². The van der Waals surface area contributed by atoms with Gasteiger partial charge < -0.3 is 0 Å². The van der Waals surface area contributed by atoms with E-state index < -0.39 is 53.1 Å². The van der Waals surface area contributed by atoms with Crippen molar-refractivity contribution < 1.29 is 70.7 Å². The Morgan fingerprint density at radius 1 is 0.500 bits per heavy atom. The second-order valence-electron chi connectivity index (χ2n) is 4.77. The fourth-order valence-electron chi connectivity index (χ4n) is 1.29. The van der Waals surface area contributed by atoms with Crippen LogP contribution < -0.4 is 0 Å². The van der Waals surface area contributed by atoms with Crippen LogP contribution in [-0.4, -0.2) is 53.1 Å². The summed E-state index contributed by atoms with van der Waals surface area (Å²) in [5, 5.41) is -3.77. The highest BCUT2D eigenvalue weighted by molar-refractivity contribution is 7.75. The molecule has 0 aromatic heterocycles. The maximum atomic E-state index is 13.3. The van der Waals surface area contributed by atoms with E-state index in [-0.39, 0.29) is 0 Å². The minimum atomic E-state index is -8.50. The Morgan fingerprint density at radius 2 is 0.750 bits per heavy atom.